The van der Waals surface area contributed by atoms with Gasteiger partial charge in [0.2, 0.25) is 5.91 Å². The summed E-state index contributed by atoms with van der Waals surface area (Å²) in [6, 6.07) is 0. The molecule has 0 saturated carbocycles. The summed E-state index contributed by atoms with van der Waals surface area (Å²) < 4.78 is 5.46. The van der Waals surface area contributed by atoms with Gasteiger partial charge in [-0.3, -0.25) is 9.59 Å². The third kappa shape index (κ3) is 5.19. The first-order valence-electron chi connectivity index (χ1n) is 7.16. The average molecular weight is 271 g/mol. The van der Waals surface area contributed by atoms with E-state index in [1.54, 1.807) is 4.90 Å². The maximum Gasteiger partial charge on any atom is 0.306 e. The van der Waals surface area contributed by atoms with E-state index >= 15 is 0 Å². The van der Waals surface area contributed by atoms with Crippen LogP contribution in [0.5, 0.6) is 0 Å². The lowest BCUT2D eigenvalue weighted by Gasteiger charge is -2.30. The van der Waals surface area contributed by atoms with E-state index < -0.39 is 5.97 Å². The van der Waals surface area contributed by atoms with Gasteiger partial charge in [-0.25, -0.2) is 0 Å². The Labute approximate surface area is 114 Å². The molecule has 5 heteroatoms. The molecule has 1 N–H and O–H groups in total. The van der Waals surface area contributed by atoms with Crippen molar-refractivity contribution in [2.45, 2.75) is 39.5 Å². The summed E-state index contributed by atoms with van der Waals surface area (Å²) in [4.78, 5) is 24.4. The Morgan fingerprint density at radius 2 is 1.84 bits per heavy atom. The second kappa shape index (κ2) is 8.15. The highest BCUT2D eigenvalue weighted by Gasteiger charge is 2.26. The van der Waals surface area contributed by atoms with Crippen LogP contribution in [0.2, 0.25) is 0 Å². The zero-order valence-electron chi connectivity index (χ0n) is 11.9. The molecule has 1 heterocycles. The summed E-state index contributed by atoms with van der Waals surface area (Å²) in [5, 5.41) is 8.89. The number of hydrogen-bond acceptors (Lipinski definition) is 3. The van der Waals surface area contributed by atoms with Gasteiger partial charge in [-0.05, 0) is 18.8 Å². The van der Waals surface area contributed by atoms with Crippen LogP contribution in [0.1, 0.15) is 39.5 Å². The molecule has 0 bridgehead atoms. The minimum atomic E-state index is -0.753. The van der Waals surface area contributed by atoms with Crippen LogP contribution in [0.25, 0.3) is 0 Å². The molecule has 0 aromatic rings. The molecule has 1 aliphatic heterocycles. The molecule has 19 heavy (non-hydrogen) atoms. The van der Waals surface area contributed by atoms with Crippen molar-refractivity contribution in [2.24, 2.45) is 11.8 Å². The Bertz CT molecular complexity index is 294. The molecule has 1 aliphatic rings. The topological polar surface area (TPSA) is 66.8 Å². The van der Waals surface area contributed by atoms with E-state index in [2.05, 4.69) is 13.8 Å². The molecule has 5 nitrogen and oxygen atoms in total. The Morgan fingerprint density at radius 3 is 2.32 bits per heavy atom. The van der Waals surface area contributed by atoms with Gasteiger partial charge in [-0.2, -0.15) is 0 Å². The predicted octanol–water partition coefficient (Wildman–Crippen LogP) is 1.76. The molecule has 0 aliphatic carbocycles. The fraction of sp³-hybridized carbons (Fsp3) is 0.857. The molecule has 0 unspecified atom stereocenters. The number of carbonyl (C=O) groups is 2. The van der Waals surface area contributed by atoms with Gasteiger partial charge >= 0.3 is 5.97 Å². The first-order valence-corrected chi connectivity index (χ1v) is 7.16. The van der Waals surface area contributed by atoms with E-state index in [1.165, 1.54) is 0 Å². The van der Waals surface area contributed by atoms with Gasteiger partial charge in [0.1, 0.15) is 6.61 Å². The van der Waals surface area contributed by atoms with Gasteiger partial charge in [0.05, 0.1) is 12.5 Å². The van der Waals surface area contributed by atoms with Gasteiger partial charge in [-0.1, -0.05) is 26.7 Å². The molecule has 0 radical (unpaired) electrons. The van der Waals surface area contributed by atoms with E-state index in [1.807, 2.05) is 0 Å². The lowest BCUT2D eigenvalue weighted by molar-refractivity contribution is -0.147. The summed E-state index contributed by atoms with van der Waals surface area (Å²) in [6.07, 6.45) is 3.23. The first-order chi connectivity index (χ1) is 9.08. The number of likely N-dealkylation sites (tertiary alicyclic amines) is 1. The van der Waals surface area contributed by atoms with Crippen LogP contribution in [0.15, 0.2) is 0 Å². The van der Waals surface area contributed by atoms with Crippen molar-refractivity contribution in [3.8, 4) is 0 Å². The first kappa shape index (κ1) is 16.0. The summed E-state index contributed by atoms with van der Waals surface area (Å²) in [6.45, 7) is 6.05. The fourth-order valence-corrected chi connectivity index (χ4v) is 2.30. The lowest BCUT2D eigenvalue weighted by atomic mass is 9.97. The highest BCUT2D eigenvalue weighted by molar-refractivity contribution is 5.78. The number of hydrogen-bond donors (Lipinski definition) is 1. The average Bonchev–Trinajstić information content (AvgIpc) is 2.43. The van der Waals surface area contributed by atoms with E-state index in [0.717, 1.165) is 12.8 Å². The molecule has 1 amide bonds. The molecule has 1 fully saturated rings. The van der Waals surface area contributed by atoms with Crippen LogP contribution < -0.4 is 0 Å². The van der Waals surface area contributed by atoms with Crippen molar-refractivity contribution < 1.29 is 19.4 Å². The Kier molecular flexibility index (Phi) is 6.84. The van der Waals surface area contributed by atoms with E-state index in [9.17, 15) is 9.59 Å². The highest BCUT2D eigenvalue weighted by atomic mass is 16.5. The van der Waals surface area contributed by atoms with Crippen molar-refractivity contribution in [1.29, 1.82) is 0 Å². The van der Waals surface area contributed by atoms with Crippen LogP contribution in [-0.2, 0) is 14.3 Å². The number of amides is 1. The molecule has 0 atom stereocenters. The molecular formula is C14H25NO4. The van der Waals surface area contributed by atoms with Gasteiger partial charge in [0, 0.05) is 13.1 Å². The van der Waals surface area contributed by atoms with Crippen LogP contribution in [-0.4, -0.2) is 48.2 Å². The minimum absolute atomic E-state index is 0.0187. The molecule has 1 saturated heterocycles. The number of piperidine rings is 1. The van der Waals surface area contributed by atoms with Crippen LogP contribution >= 0.6 is 0 Å². The number of aliphatic carboxylic acids is 1. The number of carboxylic acids is 1. The summed E-state index contributed by atoms with van der Waals surface area (Å²) in [7, 11) is 0. The largest absolute Gasteiger partial charge is 0.481 e. The van der Waals surface area contributed by atoms with E-state index in [4.69, 9.17) is 9.84 Å². The second-order valence-corrected chi connectivity index (χ2v) is 5.19. The number of ether oxygens (including phenoxy) is 1. The normalized spacial score (nSPS) is 16.9. The van der Waals surface area contributed by atoms with Gasteiger partial charge in [0.15, 0.2) is 0 Å². The maximum absolute atomic E-state index is 11.9. The molecule has 1 rings (SSSR count). The third-order valence-electron chi connectivity index (χ3n) is 3.93. The Hall–Kier alpha value is -1.10. The summed E-state index contributed by atoms with van der Waals surface area (Å²) in [5.41, 5.74) is 0. The van der Waals surface area contributed by atoms with Crippen LogP contribution in [0.3, 0.4) is 0 Å². The van der Waals surface area contributed by atoms with Crippen molar-refractivity contribution >= 4 is 11.9 Å². The molecule has 0 aromatic carbocycles. The SMILES string of the molecule is CCC(CC)COCC(=O)N1CCC(C(=O)O)CC1. The van der Waals surface area contributed by atoms with E-state index in [-0.39, 0.29) is 18.4 Å². The number of rotatable bonds is 7. The highest BCUT2D eigenvalue weighted by Crippen LogP contribution is 2.17. The van der Waals surface area contributed by atoms with Crippen molar-refractivity contribution in [3.63, 3.8) is 0 Å². The van der Waals surface area contributed by atoms with E-state index in [0.29, 0.717) is 38.5 Å². The molecule has 0 aromatic heterocycles. The number of carboxylic acid groups (broad SMARTS) is 1. The maximum atomic E-state index is 11.9. The Balaban J connectivity index is 2.22. The second-order valence-electron chi connectivity index (χ2n) is 5.19. The van der Waals surface area contributed by atoms with Gasteiger partial charge < -0.3 is 14.7 Å². The predicted molar refractivity (Wildman–Crippen MR) is 71.8 cm³/mol. The van der Waals surface area contributed by atoms with Crippen LogP contribution in [0, 0.1) is 11.8 Å². The zero-order chi connectivity index (χ0) is 14.3. The Morgan fingerprint density at radius 1 is 1.26 bits per heavy atom. The zero-order valence-corrected chi connectivity index (χ0v) is 11.9. The smallest absolute Gasteiger partial charge is 0.306 e. The monoisotopic (exact) mass is 271 g/mol. The number of nitrogens with zero attached hydrogens (tertiary/aromatic N) is 1. The molecule has 0 spiro atoms. The van der Waals surface area contributed by atoms with Crippen LogP contribution in [0.4, 0.5) is 0 Å². The molecular weight excluding hydrogens is 246 g/mol. The van der Waals surface area contributed by atoms with Crippen molar-refractivity contribution in [2.75, 3.05) is 26.3 Å². The number of carbonyl (C=O) groups excluding carboxylic acids is 1. The fourth-order valence-electron chi connectivity index (χ4n) is 2.30. The summed E-state index contributed by atoms with van der Waals surface area (Å²) >= 11 is 0. The quantitative estimate of drug-likeness (QED) is 0.766. The molecule has 110 valence electrons. The summed E-state index contributed by atoms with van der Waals surface area (Å²) in [5.74, 6) is -0.549. The van der Waals surface area contributed by atoms with Crippen molar-refractivity contribution in [1.82, 2.24) is 4.90 Å². The minimum Gasteiger partial charge on any atom is -0.481 e. The van der Waals surface area contributed by atoms with Gasteiger partial charge in [0.25, 0.3) is 0 Å². The standard InChI is InChI=1S/C14H25NO4/c1-3-11(4-2)9-19-10-13(16)15-7-5-12(6-8-15)14(17)18/h11-12H,3-10H2,1-2H3,(H,17,18). The van der Waals surface area contributed by atoms with Crippen molar-refractivity contribution in [3.05, 3.63) is 0 Å². The lowest BCUT2D eigenvalue weighted by Crippen LogP contribution is -2.42. The third-order valence-corrected chi connectivity index (χ3v) is 3.93. The van der Waals surface area contributed by atoms with Gasteiger partial charge in [-0.15, -0.1) is 0 Å².